The fourth-order valence-electron chi connectivity index (χ4n) is 3.87. The molecule has 3 saturated heterocycles. The SMILES string of the molecule is CC.CCC1OC(CC)C2C3CCC(O3)C12. The van der Waals surface area contributed by atoms with Gasteiger partial charge in [0.15, 0.2) is 0 Å². The van der Waals surface area contributed by atoms with Crippen LogP contribution in [0.15, 0.2) is 0 Å². The first-order chi connectivity index (χ1) is 7.85. The highest BCUT2D eigenvalue weighted by molar-refractivity contribution is 5.05. The molecule has 0 aromatic carbocycles. The number of rotatable bonds is 2. The second kappa shape index (κ2) is 5.05. The van der Waals surface area contributed by atoms with Crippen LogP contribution >= 0.6 is 0 Å². The molecule has 2 bridgehead atoms. The van der Waals surface area contributed by atoms with Crippen molar-refractivity contribution in [2.45, 2.75) is 77.8 Å². The van der Waals surface area contributed by atoms with Gasteiger partial charge in [-0.3, -0.25) is 0 Å². The summed E-state index contributed by atoms with van der Waals surface area (Å²) in [5.41, 5.74) is 0. The van der Waals surface area contributed by atoms with Crippen LogP contribution in [0.4, 0.5) is 0 Å². The van der Waals surface area contributed by atoms with Crippen LogP contribution in [-0.4, -0.2) is 24.4 Å². The summed E-state index contributed by atoms with van der Waals surface area (Å²) in [4.78, 5) is 0. The van der Waals surface area contributed by atoms with Gasteiger partial charge in [-0.1, -0.05) is 27.7 Å². The summed E-state index contributed by atoms with van der Waals surface area (Å²) in [5, 5.41) is 0. The van der Waals surface area contributed by atoms with E-state index in [1.165, 1.54) is 12.8 Å². The molecular weight excluding hydrogens is 200 g/mol. The van der Waals surface area contributed by atoms with Crippen molar-refractivity contribution < 1.29 is 9.47 Å². The average Bonchev–Trinajstić information content (AvgIpc) is 3.02. The zero-order valence-electron chi connectivity index (χ0n) is 11.1. The van der Waals surface area contributed by atoms with Gasteiger partial charge in [0.2, 0.25) is 0 Å². The van der Waals surface area contributed by atoms with Gasteiger partial charge in [0, 0.05) is 11.8 Å². The third-order valence-electron chi connectivity index (χ3n) is 4.40. The Hall–Kier alpha value is -0.0800. The molecule has 3 aliphatic rings. The first kappa shape index (κ1) is 12.4. The summed E-state index contributed by atoms with van der Waals surface area (Å²) >= 11 is 0. The minimum absolute atomic E-state index is 0.486. The van der Waals surface area contributed by atoms with Gasteiger partial charge in [-0.2, -0.15) is 0 Å². The molecule has 2 nitrogen and oxygen atoms in total. The van der Waals surface area contributed by atoms with E-state index in [9.17, 15) is 0 Å². The molecule has 0 aromatic rings. The maximum atomic E-state index is 6.13. The van der Waals surface area contributed by atoms with Crippen molar-refractivity contribution in [1.82, 2.24) is 0 Å². The van der Waals surface area contributed by atoms with Crippen LogP contribution in [0.25, 0.3) is 0 Å². The first-order valence-corrected chi connectivity index (χ1v) is 7.16. The molecule has 6 unspecified atom stereocenters. The number of hydrogen-bond donors (Lipinski definition) is 0. The lowest BCUT2D eigenvalue weighted by Crippen LogP contribution is -2.32. The number of hydrogen-bond acceptors (Lipinski definition) is 2. The fourth-order valence-corrected chi connectivity index (χ4v) is 3.87. The Morgan fingerprint density at radius 3 is 1.62 bits per heavy atom. The van der Waals surface area contributed by atoms with Crippen molar-refractivity contribution in [3.8, 4) is 0 Å². The summed E-state index contributed by atoms with van der Waals surface area (Å²) < 4.78 is 12.2. The van der Waals surface area contributed by atoms with Crippen molar-refractivity contribution >= 4 is 0 Å². The van der Waals surface area contributed by atoms with Crippen molar-refractivity contribution in [3.05, 3.63) is 0 Å². The van der Waals surface area contributed by atoms with Gasteiger partial charge in [-0.05, 0) is 25.7 Å². The molecule has 6 atom stereocenters. The lowest BCUT2D eigenvalue weighted by Gasteiger charge is -2.24. The van der Waals surface area contributed by atoms with Crippen LogP contribution in [0.1, 0.15) is 53.4 Å². The third-order valence-corrected chi connectivity index (χ3v) is 4.40. The maximum Gasteiger partial charge on any atom is 0.0637 e. The van der Waals surface area contributed by atoms with Crippen molar-refractivity contribution in [2.75, 3.05) is 0 Å². The van der Waals surface area contributed by atoms with E-state index in [0.717, 1.165) is 24.7 Å². The van der Waals surface area contributed by atoms with Crippen LogP contribution in [-0.2, 0) is 9.47 Å². The zero-order chi connectivity index (χ0) is 11.7. The number of fused-ring (bicyclic) bond motifs is 5. The minimum atomic E-state index is 0.486. The maximum absolute atomic E-state index is 6.13. The molecule has 0 radical (unpaired) electrons. The zero-order valence-corrected chi connectivity index (χ0v) is 11.1. The molecular formula is C14H26O2. The Kier molecular flexibility index (Phi) is 3.91. The van der Waals surface area contributed by atoms with Crippen LogP contribution in [0, 0.1) is 11.8 Å². The van der Waals surface area contributed by atoms with E-state index >= 15 is 0 Å². The molecule has 3 fully saturated rings. The Labute approximate surface area is 99.7 Å². The summed E-state index contributed by atoms with van der Waals surface area (Å²) in [6.45, 7) is 8.48. The summed E-state index contributed by atoms with van der Waals surface area (Å²) in [6, 6.07) is 0. The molecule has 94 valence electrons. The van der Waals surface area contributed by atoms with Crippen LogP contribution < -0.4 is 0 Å². The van der Waals surface area contributed by atoms with Gasteiger partial charge in [0.25, 0.3) is 0 Å². The van der Waals surface area contributed by atoms with Crippen LogP contribution in [0.3, 0.4) is 0 Å². The van der Waals surface area contributed by atoms with E-state index in [0.29, 0.717) is 24.4 Å². The average molecular weight is 226 g/mol. The molecule has 0 spiro atoms. The molecule has 0 N–H and O–H groups in total. The molecule has 0 amide bonds. The molecule has 0 aromatic heterocycles. The van der Waals surface area contributed by atoms with Gasteiger partial charge in [0.1, 0.15) is 0 Å². The Balaban J connectivity index is 0.000000457. The van der Waals surface area contributed by atoms with Crippen LogP contribution in [0.2, 0.25) is 0 Å². The summed E-state index contributed by atoms with van der Waals surface area (Å²) in [6.07, 6.45) is 6.91. The molecule has 3 heterocycles. The van der Waals surface area contributed by atoms with Gasteiger partial charge in [-0.15, -0.1) is 0 Å². The van der Waals surface area contributed by atoms with Gasteiger partial charge in [0.05, 0.1) is 24.4 Å². The van der Waals surface area contributed by atoms with E-state index in [1.54, 1.807) is 0 Å². The van der Waals surface area contributed by atoms with Crippen molar-refractivity contribution in [2.24, 2.45) is 11.8 Å². The topological polar surface area (TPSA) is 18.5 Å². The molecule has 0 aliphatic carbocycles. The first-order valence-electron chi connectivity index (χ1n) is 7.16. The second-order valence-corrected chi connectivity index (χ2v) is 4.97. The molecule has 3 aliphatic heterocycles. The Morgan fingerprint density at radius 1 is 0.812 bits per heavy atom. The summed E-state index contributed by atoms with van der Waals surface area (Å²) in [5.74, 6) is 1.45. The van der Waals surface area contributed by atoms with Gasteiger partial charge >= 0.3 is 0 Å². The van der Waals surface area contributed by atoms with E-state index in [2.05, 4.69) is 13.8 Å². The van der Waals surface area contributed by atoms with E-state index in [1.807, 2.05) is 13.8 Å². The Bertz CT molecular complexity index is 207. The molecule has 16 heavy (non-hydrogen) atoms. The molecule has 0 saturated carbocycles. The fraction of sp³-hybridized carbons (Fsp3) is 1.00. The van der Waals surface area contributed by atoms with E-state index in [4.69, 9.17) is 9.47 Å². The minimum Gasteiger partial charge on any atom is -0.374 e. The molecule has 3 rings (SSSR count). The monoisotopic (exact) mass is 226 g/mol. The Morgan fingerprint density at radius 2 is 1.25 bits per heavy atom. The quantitative estimate of drug-likeness (QED) is 0.718. The van der Waals surface area contributed by atoms with E-state index in [-0.39, 0.29) is 0 Å². The van der Waals surface area contributed by atoms with Crippen LogP contribution in [0.5, 0.6) is 0 Å². The predicted octanol–water partition coefficient (Wildman–Crippen LogP) is 3.39. The smallest absolute Gasteiger partial charge is 0.0637 e. The lowest BCUT2D eigenvalue weighted by atomic mass is 9.75. The van der Waals surface area contributed by atoms with Crippen molar-refractivity contribution in [3.63, 3.8) is 0 Å². The third kappa shape index (κ3) is 1.70. The van der Waals surface area contributed by atoms with Crippen molar-refractivity contribution in [1.29, 1.82) is 0 Å². The lowest BCUT2D eigenvalue weighted by molar-refractivity contribution is -0.0289. The normalized spacial score (nSPS) is 48.8. The highest BCUT2D eigenvalue weighted by Gasteiger charge is 2.58. The van der Waals surface area contributed by atoms with E-state index < -0.39 is 0 Å². The second-order valence-electron chi connectivity index (χ2n) is 4.97. The van der Waals surface area contributed by atoms with Gasteiger partial charge < -0.3 is 9.47 Å². The highest BCUT2D eigenvalue weighted by Crippen LogP contribution is 2.52. The predicted molar refractivity (Wildman–Crippen MR) is 65.5 cm³/mol. The molecule has 2 heteroatoms. The largest absolute Gasteiger partial charge is 0.374 e. The van der Waals surface area contributed by atoms with Gasteiger partial charge in [-0.25, -0.2) is 0 Å². The number of ether oxygens (including phenoxy) is 2. The standard InChI is InChI=1S/C12H20O2.C2H6/c1-3-7-11-9-5-6-10(14-9)12(11)8(4-2)13-7;1-2/h7-12H,3-6H2,1-2H3;1-2H3. The summed E-state index contributed by atoms with van der Waals surface area (Å²) in [7, 11) is 0. The highest BCUT2D eigenvalue weighted by atomic mass is 16.5.